The van der Waals surface area contributed by atoms with E-state index in [4.69, 9.17) is 11.5 Å². The van der Waals surface area contributed by atoms with Crippen LogP contribution < -0.4 is 11.5 Å². The highest BCUT2D eigenvalue weighted by atomic mass is 15.1. The number of allylic oxidation sites excluding steroid dienone is 1. The van der Waals surface area contributed by atoms with Gasteiger partial charge in [-0.25, -0.2) is 4.98 Å². The van der Waals surface area contributed by atoms with E-state index in [0.717, 1.165) is 40.3 Å². The number of nitrogen functional groups attached to an aromatic ring is 1. The molecule has 0 aliphatic heterocycles. The monoisotopic (exact) mass is 333 g/mol. The molecule has 5 heteroatoms. The molecule has 1 heterocycles. The maximum absolute atomic E-state index is 6.29. The topological polar surface area (TPSA) is 82.2 Å². The van der Waals surface area contributed by atoms with Crippen molar-refractivity contribution < 1.29 is 0 Å². The molecule has 4 N–H and O–H groups in total. The van der Waals surface area contributed by atoms with Gasteiger partial charge in [-0.1, -0.05) is 30.3 Å². The van der Waals surface area contributed by atoms with Gasteiger partial charge in [0.1, 0.15) is 11.3 Å². The maximum Gasteiger partial charge on any atom is 0.112 e. The van der Waals surface area contributed by atoms with Gasteiger partial charge >= 0.3 is 0 Å². The number of anilines is 1. The molecule has 0 bridgehead atoms. The molecule has 3 rings (SSSR count). The lowest BCUT2D eigenvalue weighted by Crippen LogP contribution is -2.07. The van der Waals surface area contributed by atoms with Crippen molar-refractivity contribution in [2.75, 3.05) is 12.8 Å². The third-order valence-corrected chi connectivity index (χ3v) is 4.38. The Balaban J connectivity index is 2.17. The van der Waals surface area contributed by atoms with Gasteiger partial charge in [-0.15, -0.1) is 0 Å². The van der Waals surface area contributed by atoms with E-state index in [1.165, 1.54) is 5.56 Å². The average molecular weight is 333 g/mol. The van der Waals surface area contributed by atoms with Crippen molar-refractivity contribution in [2.24, 2.45) is 10.7 Å². The van der Waals surface area contributed by atoms with Gasteiger partial charge in [0.05, 0.1) is 16.9 Å². The summed E-state index contributed by atoms with van der Waals surface area (Å²) in [4.78, 5) is 9.04. The Kier molecular flexibility index (Phi) is 4.57. The SMILES string of the molecule is CN=C(C(C)=CN)c1cc(N)c2nc(C)n(Cc3ccccc3)c2c1. The van der Waals surface area contributed by atoms with Gasteiger partial charge < -0.3 is 16.0 Å². The van der Waals surface area contributed by atoms with E-state index in [2.05, 4.69) is 32.7 Å². The van der Waals surface area contributed by atoms with Crippen molar-refractivity contribution in [3.8, 4) is 0 Å². The zero-order valence-electron chi connectivity index (χ0n) is 14.8. The van der Waals surface area contributed by atoms with Gasteiger partial charge in [0, 0.05) is 19.2 Å². The largest absolute Gasteiger partial charge is 0.404 e. The summed E-state index contributed by atoms with van der Waals surface area (Å²) >= 11 is 0. The highest BCUT2D eigenvalue weighted by Gasteiger charge is 2.15. The quantitative estimate of drug-likeness (QED) is 0.568. The standard InChI is InChI=1S/C20H23N5/c1-13(11-21)19(23-3)16-9-17(22)20-18(10-16)25(14(2)24-20)12-15-7-5-4-6-8-15/h4-11H,12,21-22H2,1-3H3. The number of nitrogens with zero attached hydrogens (tertiary/aromatic N) is 3. The van der Waals surface area contributed by atoms with Crippen LogP contribution >= 0.6 is 0 Å². The van der Waals surface area contributed by atoms with Crippen LogP contribution in [0.1, 0.15) is 23.9 Å². The summed E-state index contributed by atoms with van der Waals surface area (Å²) in [7, 11) is 1.76. The normalized spacial score (nSPS) is 12.8. The minimum atomic E-state index is 0.647. The molecule has 0 radical (unpaired) electrons. The molecule has 0 fully saturated rings. The average Bonchev–Trinajstić information content (AvgIpc) is 2.93. The van der Waals surface area contributed by atoms with Gasteiger partial charge in [0.15, 0.2) is 0 Å². The number of fused-ring (bicyclic) bond motifs is 1. The summed E-state index contributed by atoms with van der Waals surface area (Å²) in [6.45, 7) is 4.69. The number of aliphatic imine (C=N–C) groups is 1. The summed E-state index contributed by atoms with van der Waals surface area (Å²) in [5.41, 5.74) is 18.3. The number of rotatable bonds is 4. The third-order valence-electron chi connectivity index (χ3n) is 4.38. The van der Waals surface area contributed by atoms with Gasteiger partial charge in [0.2, 0.25) is 0 Å². The Labute approximate surface area is 147 Å². The predicted molar refractivity (Wildman–Crippen MR) is 105 cm³/mol. The molecule has 3 aromatic rings. The summed E-state index contributed by atoms with van der Waals surface area (Å²) < 4.78 is 2.18. The molecule has 0 unspecified atom stereocenters. The van der Waals surface area contributed by atoms with Crippen molar-refractivity contribution in [1.82, 2.24) is 9.55 Å². The highest BCUT2D eigenvalue weighted by Crippen LogP contribution is 2.26. The molecule has 1 aromatic heterocycles. The maximum atomic E-state index is 6.29. The van der Waals surface area contributed by atoms with Crippen molar-refractivity contribution in [2.45, 2.75) is 20.4 Å². The Morgan fingerprint density at radius 1 is 1.24 bits per heavy atom. The number of hydrogen-bond acceptors (Lipinski definition) is 4. The molecule has 25 heavy (non-hydrogen) atoms. The number of imidazole rings is 1. The van der Waals surface area contributed by atoms with E-state index in [1.807, 2.05) is 38.1 Å². The Morgan fingerprint density at radius 2 is 1.96 bits per heavy atom. The zero-order valence-corrected chi connectivity index (χ0v) is 14.8. The van der Waals surface area contributed by atoms with Crippen LogP contribution in [0.3, 0.4) is 0 Å². The smallest absolute Gasteiger partial charge is 0.112 e. The van der Waals surface area contributed by atoms with E-state index in [-0.39, 0.29) is 0 Å². The van der Waals surface area contributed by atoms with E-state index < -0.39 is 0 Å². The van der Waals surface area contributed by atoms with Gasteiger partial charge in [-0.05, 0) is 43.3 Å². The van der Waals surface area contributed by atoms with E-state index in [0.29, 0.717) is 5.69 Å². The third kappa shape index (κ3) is 3.13. The first-order chi connectivity index (χ1) is 12.0. The Bertz CT molecular complexity index is 965. The van der Waals surface area contributed by atoms with Crippen LogP contribution in [0.25, 0.3) is 11.0 Å². The van der Waals surface area contributed by atoms with Crippen LogP contribution in [-0.2, 0) is 6.54 Å². The minimum Gasteiger partial charge on any atom is -0.404 e. The van der Waals surface area contributed by atoms with E-state index in [1.54, 1.807) is 13.2 Å². The second-order valence-corrected chi connectivity index (χ2v) is 6.09. The van der Waals surface area contributed by atoms with Crippen molar-refractivity contribution in [3.63, 3.8) is 0 Å². The molecule has 0 saturated heterocycles. The lowest BCUT2D eigenvalue weighted by atomic mass is 10.0. The summed E-state index contributed by atoms with van der Waals surface area (Å²) in [6, 6.07) is 14.3. The number of aromatic nitrogens is 2. The summed E-state index contributed by atoms with van der Waals surface area (Å²) in [5, 5.41) is 0. The Morgan fingerprint density at radius 3 is 2.60 bits per heavy atom. The molecular weight excluding hydrogens is 310 g/mol. The van der Waals surface area contributed by atoms with Crippen molar-refractivity contribution in [3.05, 3.63) is 71.2 Å². The fourth-order valence-electron chi connectivity index (χ4n) is 3.08. The van der Waals surface area contributed by atoms with Crippen LogP contribution in [0.4, 0.5) is 5.69 Å². The van der Waals surface area contributed by atoms with Gasteiger partial charge in [-0.3, -0.25) is 4.99 Å². The first kappa shape index (κ1) is 16.8. The van der Waals surface area contributed by atoms with Gasteiger partial charge in [-0.2, -0.15) is 0 Å². The number of hydrogen-bond donors (Lipinski definition) is 2. The van der Waals surface area contributed by atoms with Crippen LogP contribution in [-0.4, -0.2) is 22.3 Å². The van der Waals surface area contributed by atoms with Crippen LogP contribution in [0, 0.1) is 6.92 Å². The summed E-state index contributed by atoms with van der Waals surface area (Å²) in [5.74, 6) is 0.934. The molecule has 5 nitrogen and oxygen atoms in total. The Hall–Kier alpha value is -3.08. The number of aryl methyl sites for hydroxylation is 1. The molecule has 0 saturated carbocycles. The molecule has 128 valence electrons. The first-order valence-corrected chi connectivity index (χ1v) is 8.21. The van der Waals surface area contributed by atoms with Crippen LogP contribution in [0.15, 0.2) is 59.2 Å². The fraction of sp³-hybridized carbons (Fsp3) is 0.200. The number of nitrogens with two attached hydrogens (primary N) is 2. The lowest BCUT2D eigenvalue weighted by molar-refractivity contribution is 0.786. The second kappa shape index (κ2) is 6.81. The highest BCUT2D eigenvalue weighted by molar-refractivity contribution is 6.14. The molecule has 0 aliphatic carbocycles. The molecule has 0 aliphatic rings. The minimum absolute atomic E-state index is 0.647. The molecule has 0 amide bonds. The second-order valence-electron chi connectivity index (χ2n) is 6.09. The molecular formula is C20H23N5. The van der Waals surface area contributed by atoms with E-state index in [9.17, 15) is 0 Å². The van der Waals surface area contributed by atoms with Crippen LogP contribution in [0.5, 0.6) is 0 Å². The molecule has 0 spiro atoms. The zero-order chi connectivity index (χ0) is 18.0. The predicted octanol–water partition coefficient (Wildman–Crippen LogP) is 3.26. The molecule has 0 atom stereocenters. The number of benzene rings is 2. The van der Waals surface area contributed by atoms with E-state index >= 15 is 0 Å². The van der Waals surface area contributed by atoms with Gasteiger partial charge in [0.25, 0.3) is 0 Å². The summed E-state index contributed by atoms with van der Waals surface area (Å²) in [6.07, 6.45) is 1.56. The molecule has 2 aromatic carbocycles. The van der Waals surface area contributed by atoms with Crippen molar-refractivity contribution in [1.29, 1.82) is 0 Å². The van der Waals surface area contributed by atoms with Crippen LogP contribution in [0.2, 0.25) is 0 Å². The van der Waals surface area contributed by atoms with Crippen molar-refractivity contribution >= 4 is 22.4 Å². The fourth-order valence-corrected chi connectivity index (χ4v) is 3.08. The first-order valence-electron chi connectivity index (χ1n) is 8.21. The lowest BCUT2D eigenvalue weighted by Gasteiger charge is -2.11.